The van der Waals surface area contributed by atoms with Crippen LogP contribution >= 0.6 is 0 Å². The van der Waals surface area contributed by atoms with E-state index in [1.165, 1.54) is 42.5 Å². The molecule has 1 aromatic heterocycles. The molecule has 0 bridgehead atoms. The molecule has 0 unspecified atom stereocenters. The monoisotopic (exact) mass is 433 g/mol. The number of hydrogen-bond acceptors (Lipinski definition) is 6. The highest BCUT2D eigenvalue weighted by Crippen LogP contribution is 2.25. The van der Waals surface area contributed by atoms with Gasteiger partial charge >= 0.3 is 0 Å². The number of nitrogens with one attached hydrogen (secondary N) is 2. The van der Waals surface area contributed by atoms with Crippen molar-refractivity contribution in [3.63, 3.8) is 0 Å². The van der Waals surface area contributed by atoms with E-state index in [1.54, 1.807) is 12.1 Å². The first-order valence-corrected chi connectivity index (χ1v) is 12.0. The minimum atomic E-state index is -4.17. The van der Waals surface area contributed by atoms with Gasteiger partial charge in [-0.15, -0.1) is 0 Å². The van der Waals surface area contributed by atoms with Crippen LogP contribution in [0.5, 0.6) is 0 Å². The molecule has 8 nitrogen and oxygen atoms in total. The van der Waals surface area contributed by atoms with Crippen LogP contribution in [0, 0.1) is 0 Å². The molecule has 3 aromatic rings. The maximum atomic E-state index is 12.8. The molecule has 0 fully saturated rings. The summed E-state index contributed by atoms with van der Waals surface area (Å²) >= 11 is 0. The first kappa shape index (κ1) is 20.7. The van der Waals surface area contributed by atoms with Crippen LogP contribution in [0.1, 0.15) is 12.6 Å². The molecular formula is C19H19N3O5S2. The lowest BCUT2D eigenvalue weighted by atomic mass is 10.2. The number of benzene rings is 2. The largest absolute Gasteiger partial charge is 0.307 e. The van der Waals surface area contributed by atoms with Crippen molar-refractivity contribution in [2.24, 2.45) is 0 Å². The van der Waals surface area contributed by atoms with Gasteiger partial charge in [-0.1, -0.05) is 31.2 Å². The summed E-state index contributed by atoms with van der Waals surface area (Å²) in [6.07, 6.45) is 1.52. The van der Waals surface area contributed by atoms with Crippen molar-refractivity contribution < 1.29 is 16.8 Å². The third kappa shape index (κ3) is 4.72. The van der Waals surface area contributed by atoms with Crippen molar-refractivity contribution in [2.45, 2.75) is 23.1 Å². The van der Waals surface area contributed by atoms with Gasteiger partial charge in [0.1, 0.15) is 10.7 Å². The molecule has 29 heavy (non-hydrogen) atoms. The summed E-state index contributed by atoms with van der Waals surface area (Å²) in [7, 11) is -7.91. The summed E-state index contributed by atoms with van der Waals surface area (Å²) in [6, 6.07) is 13.1. The molecule has 0 aliphatic heterocycles. The molecule has 2 aromatic carbocycles. The molecule has 152 valence electrons. The van der Waals surface area contributed by atoms with E-state index in [4.69, 9.17) is 0 Å². The molecule has 0 amide bonds. The van der Waals surface area contributed by atoms with Gasteiger partial charge in [-0.05, 0) is 30.7 Å². The number of sulfonamides is 1. The molecule has 0 aliphatic rings. The van der Waals surface area contributed by atoms with Crippen LogP contribution in [0.2, 0.25) is 0 Å². The number of aryl methyl sites for hydroxylation is 1. The normalized spacial score (nSPS) is 11.9. The Morgan fingerprint density at radius 1 is 0.966 bits per heavy atom. The predicted octanol–water partition coefficient (Wildman–Crippen LogP) is 2.20. The number of aromatic nitrogens is 2. The second kappa shape index (κ2) is 7.80. The smallest absolute Gasteiger partial charge is 0.263 e. The molecule has 0 aliphatic carbocycles. The fraction of sp³-hybridized carbons (Fsp3) is 0.158. The average molecular weight is 434 g/mol. The summed E-state index contributed by atoms with van der Waals surface area (Å²) in [4.78, 5) is 18.2. The lowest BCUT2D eigenvalue weighted by Gasteiger charge is -2.12. The van der Waals surface area contributed by atoms with Crippen LogP contribution in [0.3, 0.4) is 0 Å². The van der Waals surface area contributed by atoms with E-state index < -0.39 is 19.9 Å². The van der Waals surface area contributed by atoms with Crippen LogP contribution in [-0.2, 0) is 26.3 Å². The van der Waals surface area contributed by atoms with Gasteiger partial charge in [0, 0.05) is 29.3 Å². The van der Waals surface area contributed by atoms with Crippen LogP contribution < -0.4 is 10.3 Å². The topological polar surface area (TPSA) is 126 Å². The Morgan fingerprint density at radius 3 is 2.31 bits per heavy atom. The third-order valence-corrected chi connectivity index (χ3v) is 6.81. The Labute approximate surface area is 168 Å². The van der Waals surface area contributed by atoms with E-state index in [0.717, 1.165) is 6.26 Å². The third-order valence-electron chi connectivity index (χ3n) is 4.08. The van der Waals surface area contributed by atoms with Crippen LogP contribution in [0.15, 0.2) is 69.2 Å². The van der Waals surface area contributed by atoms with E-state index in [9.17, 15) is 21.6 Å². The minimum Gasteiger partial charge on any atom is -0.307 e. The highest BCUT2D eigenvalue weighted by Gasteiger charge is 2.23. The Morgan fingerprint density at radius 2 is 1.66 bits per heavy atom. The van der Waals surface area contributed by atoms with E-state index >= 15 is 0 Å². The molecule has 3 rings (SSSR count). The lowest BCUT2D eigenvalue weighted by Crippen LogP contribution is -2.16. The maximum Gasteiger partial charge on any atom is 0.263 e. The maximum absolute atomic E-state index is 12.8. The predicted molar refractivity (Wildman–Crippen MR) is 110 cm³/mol. The van der Waals surface area contributed by atoms with E-state index in [0.29, 0.717) is 23.5 Å². The number of nitrogens with zero attached hydrogens (tertiary/aromatic N) is 1. The van der Waals surface area contributed by atoms with E-state index in [2.05, 4.69) is 14.7 Å². The highest BCUT2D eigenvalue weighted by atomic mass is 32.2. The molecule has 0 spiro atoms. The van der Waals surface area contributed by atoms with Gasteiger partial charge in [-0.25, -0.2) is 21.8 Å². The van der Waals surface area contributed by atoms with Gasteiger partial charge in [-0.3, -0.25) is 9.52 Å². The standard InChI is InChI=1S/C19H19N3O5S2/c1-3-14-12-18(23)21-19(20-14)13-7-6-8-15(11-13)22-29(26,27)17-10-5-4-9-16(17)28(2,24)25/h4-12,22H,3H2,1-2H3,(H,20,21,23). The fourth-order valence-electron chi connectivity index (χ4n) is 2.74. The summed E-state index contributed by atoms with van der Waals surface area (Å²) in [5.74, 6) is 0.312. The van der Waals surface area contributed by atoms with Crippen molar-refractivity contribution in [3.8, 4) is 11.4 Å². The van der Waals surface area contributed by atoms with Crippen LogP contribution in [-0.4, -0.2) is 33.1 Å². The Balaban J connectivity index is 2.02. The van der Waals surface area contributed by atoms with Gasteiger partial charge in [0.05, 0.1) is 4.90 Å². The molecule has 2 N–H and O–H groups in total. The average Bonchev–Trinajstić information content (AvgIpc) is 2.66. The molecule has 0 atom stereocenters. The number of anilines is 1. The highest BCUT2D eigenvalue weighted by molar-refractivity contribution is 7.95. The fourth-order valence-corrected chi connectivity index (χ4v) is 5.42. The number of rotatable bonds is 6. The Hall–Kier alpha value is -2.98. The quantitative estimate of drug-likeness (QED) is 0.614. The van der Waals surface area contributed by atoms with E-state index in [1.807, 2.05) is 6.92 Å². The first-order chi connectivity index (χ1) is 13.6. The molecule has 0 saturated heterocycles. The molecule has 10 heteroatoms. The van der Waals surface area contributed by atoms with Crippen molar-refractivity contribution in [1.82, 2.24) is 9.97 Å². The number of hydrogen-bond donors (Lipinski definition) is 2. The van der Waals surface area contributed by atoms with Crippen LogP contribution in [0.25, 0.3) is 11.4 Å². The second-order valence-corrected chi connectivity index (χ2v) is 9.98. The van der Waals surface area contributed by atoms with Crippen LogP contribution in [0.4, 0.5) is 5.69 Å². The molecule has 0 radical (unpaired) electrons. The Bertz CT molecular complexity index is 1330. The van der Waals surface area contributed by atoms with Gasteiger partial charge in [-0.2, -0.15) is 0 Å². The number of sulfone groups is 1. The van der Waals surface area contributed by atoms with Crippen molar-refractivity contribution in [3.05, 3.63) is 70.6 Å². The van der Waals surface area contributed by atoms with Crippen molar-refractivity contribution >= 4 is 25.5 Å². The molecular weight excluding hydrogens is 414 g/mol. The van der Waals surface area contributed by atoms with Gasteiger partial charge < -0.3 is 4.98 Å². The van der Waals surface area contributed by atoms with Crippen molar-refractivity contribution in [1.29, 1.82) is 0 Å². The summed E-state index contributed by atoms with van der Waals surface area (Å²) < 4.78 is 51.9. The SMILES string of the molecule is CCc1cc(=O)[nH]c(-c2cccc(NS(=O)(=O)c3ccccc3S(C)(=O)=O)c2)n1. The minimum absolute atomic E-state index is 0.204. The molecule has 0 saturated carbocycles. The van der Waals surface area contributed by atoms with Gasteiger partial charge in [0.15, 0.2) is 9.84 Å². The second-order valence-electron chi connectivity index (χ2n) is 6.34. The zero-order valence-corrected chi connectivity index (χ0v) is 17.3. The molecule has 1 heterocycles. The summed E-state index contributed by atoms with van der Waals surface area (Å²) in [5, 5.41) is 0. The Kier molecular flexibility index (Phi) is 5.58. The van der Waals surface area contributed by atoms with Gasteiger partial charge in [0.2, 0.25) is 0 Å². The van der Waals surface area contributed by atoms with E-state index in [-0.39, 0.29) is 21.0 Å². The number of H-pyrrole nitrogens is 1. The summed E-state index contributed by atoms with van der Waals surface area (Å²) in [5.41, 5.74) is 1.01. The zero-order valence-electron chi connectivity index (χ0n) is 15.7. The van der Waals surface area contributed by atoms with Gasteiger partial charge in [0.25, 0.3) is 15.6 Å². The summed E-state index contributed by atoms with van der Waals surface area (Å²) in [6.45, 7) is 1.87. The lowest BCUT2D eigenvalue weighted by molar-refractivity contribution is 0.588. The zero-order chi connectivity index (χ0) is 21.2. The first-order valence-electron chi connectivity index (χ1n) is 8.63. The number of aromatic amines is 1. The van der Waals surface area contributed by atoms with Crippen molar-refractivity contribution in [2.75, 3.05) is 11.0 Å².